The van der Waals surface area contributed by atoms with Gasteiger partial charge < -0.3 is 0 Å². The zero-order valence-electron chi connectivity index (χ0n) is 14.3. The number of nitrogens with one attached hydrogen (secondary N) is 2. The van der Waals surface area contributed by atoms with E-state index in [4.69, 9.17) is 0 Å². The van der Waals surface area contributed by atoms with Gasteiger partial charge in [0.05, 0.1) is 10.5 Å². The van der Waals surface area contributed by atoms with Crippen LogP contribution in [-0.4, -0.2) is 20.6 Å². The van der Waals surface area contributed by atoms with Crippen LogP contribution in [0.3, 0.4) is 0 Å². The topological polar surface area (TPSA) is 102 Å². The molecule has 1 amide bonds. The summed E-state index contributed by atoms with van der Waals surface area (Å²) in [6.07, 6.45) is -3.43. The van der Waals surface area contributed by atoms with Crippen molar-refractivity contribution in [2.75, 3.05) is 5.43 Å². The van der Waals surface area contributed by atoms with Gasteiger partial charge in [-0.1, -0.05) is 12.1 Å². The van der Waals surface area contributed by atoms with Gasteiger partial charge in [0, 0.05) is 12.3 Å². The van der Waals surface area contributed by atoms with Crippen molar-refractivity contribution < 1.29 is 27.3 Å². The predicted octanol–water partition coefficient (Wildman–Crippen LogP) is 3.70. The Morgan fingerprint density at radius 1 is 1.14 bits per heavy atom. The number of nitrogens with zero attached hydrogens (tertiary/aromatic N) is 3. The lowest BCUT2D eigenvalue weighted by atomic mass is 10.1. The largest absolute Gasteiger partial charge is 0.416 e. The Balaban J connectivity index is 1.76. The van der Waals surface area contributed by atoms with Crippen LogP contribution in [-0.2, 0) is 6.18 Å². The van der Waals surface area contributed by atoms with Gasteiger partial charge >= 0.3 is 6.18 Å². The maximum atomic E-state index is 13.8. The summed E-state index contributed by atoms with van der Waals surface area (Å²) in [6.45, 7) is 0. The van der Waals surface area contributed by atoms with E-state index >= 15 is 0 Å². The van der Waals surface area contributed by atoms with Gasteiger partial charge in [-0.05, 0) is 30.3 Å². The number of rotatable bonds is 5. The summed E-state index contributed by atoms with van der Waals surface area (Å²) in [5, 5.41) is 14.9. The summed E-state index contributed by atoms with van der Waals surface area (Å²) in [4.78, 5) is 22.2. The van der Waals surface area contributed by atoms with E-state index in [9.17, 15) is 32.5 Å². The van der Waals surface area contributed by atoms with Crippen molar-refractivity contribution in [1.82, 2.24) is 15.2 Å². The quantitative estimate of drug-likeness (QED) is 0.380. The Morgan fingerprint density at radius 3 is 2.52 bits per heavy atom. The average Bonchev–Trinajstić information content (AvgIpc) is 3.15. The highest BCUT2D eigenvalue weighted by Gasteiger charge is 2.33. The third-order valence-corrected chi connectivity index (χ3v) is 3.75. The van der Waals surface area contributed by atoms with Crippen molar-refractivity contribution in [3.63, 3.8) is 0 Å². The average molecular weight is 409 g/mol. The molecule has 0 radical (unpaired) electrons. The SMILES string of the molecule is O=C(NNc1ccc(C(F)(F)F)cc1[N+](=O)[O-])c1ccn(-c2ccccc2F)n1. The molecule has 1 aromatic heterocycles. The number of hydrogen-bond acceptors (Lipinski definition) is 5. The predicted molar refractivity (Wildman–Crippen MR) is 92.7 cm³/mol. The molecule has 0 unspecified atom stereocenters. The van der Waals surface area contributed by atoms with Crippen LogP contribution in [0.15, 0.2) is 54.7 Å². The van der Waals surface area contributed by atoms with Crippen LogP contribution in [0.5, 0.6) is 0 Å². The summed E-state index contributed by atoms with van der Waals surface area (Å²) in [5.41, 5.74) is 1.80. The van der Waals surface area contributed by atoms with Crippen LogP contribution in [0.2, 0.25) is 0 Å². The first-order valence-corrected chi connectivity index (χ1v) is 7.89. The number of amides is 1. The minimum atomic E-state index is -4.76. The minimum absolute atomic E-state index is 0.0953. The number of nitro groups is 1. The molecular formula is C17H11F4N5O3. The second-order valence-corrected chi connectivity index (χ2v) is 5.66. The summed E-state index contributed by atoms with van der Waals surface area (Å²) < 4.78 is 53.0. The molecule has 2 aromatic carbocycles. The van der Waals surface area contributed by atoms with Crippen molar-refractivity contribution in [2.24, 2.45) is 0 Å². The van der Waals surface area contributed by atoms with Crippen LogP contribution in [0, 0.1) is 15.9 Å². The first-order valence-electron chi connectivity index (χ1n) is 7.89. The molecule has 1 heterocycles. The van der Waals surface area contributed by atoms with Gasteiger partial charge in [0.15, 0.2) is 5.69 Å². The lowest BCUT2D eigenvalue weighted by Gasteiger charge is -2.11. The molecule has 0 aliphatic heterocycles. The normalized spacial score (nSPS) is 11.2. The number of benzene rings is 2. The number of halogens is 4. The Kier molecular flexibility index (Phi) is 5.17. The second kappa shape index (κ2) is 7.58. The second-order valence-electron chi connectivity index (χ2n) is 5.66. The maximum absolute atomic E-state index is 13.8. The molecule has 0 aliphatic carbocycles. The van der Waals surface area contributed by atoms with Gasteiger partial charge in [0.25, 0.3) is 11.6 Å². The Hall–Kier alpha value is -3.96. The lowest BCUT2D eigenvalue weighted by molar-refractivity contribution is -0.384. The molecule has 0 atom stereocenters. The smallest absolute Gasteiger partial charge is 0.292 e. The van der Waals surface area contributed by atoms with Gasteiger partial charge in [0.1, 0.15) is 17.2 Å². The Morgan fingerprint density at radius 2 is 1.86 bits per heavy atom. The molecule has 150 valence electrons. The number of carbonyl (C=O) groups excluding carboxylic acids is 1. The molecule has 3 rings (SSSR count). The van der Waals surface area contributed by atoms with Gasteiger partial charge in [-0.2, -0.15) is 18.3 Å². The number of hydrogen-bond donors (Lipinski definition) is 2. The lowest BCUT2D eigenvalue weighted by Crippen LogP contribution is -2.30. The van der Waals surface area contributed by atoms with Gasteiger partial charge in [-0.25, -0.2) is 9.07 Å². The first kappa shape index (κ1) is 19.8. The number of carbonyl (C=O) groups is 1. The van der Waals surface area contributed by atoms with Crippen molar-refractivity contribution >= 4 is 17.3 Å². The molecule has 0 fully saturated rings. The molecule has 12 heteroatoms. The number of alkyl halides is 3. The van der Waals surface area contributed by atoms with Crippen LogP contribution >= 0.6 is 0 Å². The number of nitro benzene ring substituents is 1. The van der Waals surface area contributed by atoms with Crippen LogP contribution in [0.1, 0.15) is 16.1 Å². The molecule has 29 heavy (non-hydrogen) atoms. The van der Waals surface area contributed by atoms with E-state index < -0.39 is 34.1 Å². The highest BCUT2D eigenvalue weighted by atomic mass is 19.4. The summed E-state index contributed by atoms with van der Waals surface area (Å²) in [6, 6.07) is 8.78. The molecule has 0 saturated heterocycles. The van der Waals surface area contributed by atoms with E-state index in [1.54, 1.807) is 6.07 Å². The zero-order chi connectivity index (χ0) is 21.2. The number of aromatic nitrogens is 2. The summed E-state index contributed by atoms with van der Waals surface area (Å²) in [7, 11) is 0. The van der Waals surface area contributed by atoms with Gasteiger partial charge in [-0.15, -0.1) is 0 Å². The highest BCUT2D eigenvalue weighted by Crippen LogP contribution is 2.34. The summed E-state index contributed by atoms with van der Waals surface area (Å²) in [5.74, 6) is -1.41. The third kappa shape index (κ3) is 4.31. The fourth-order valence-electron chi connectivity index (χ4n) is 2.37. The van der Waals surface area contributed by atoms with Crippen molar-refractivity contribution in [2.45, 2.75) is 6.18 Å². The van der Waals surface area contributed by atoms with Gasteiger partial charge in [-0.3, -0.25) is 25.8 Å². The minimum Gasteiger partial charge on any atom is -0.292 e. The monoisotopic (exact) mass is 409 g/mol. The fraction of sp³-hybridized carbons (Fsp3) is 0.0588. The molecular weight excluding hydrogens is 398 g/mol. The van der Waals surface area contributed by atoms with E-state index in [1.165, 1.54) is 30.5 Å². The molecule has 0 aliphatic rings. The molecule has 0 saturated carbocycles. The highest BCUT2D eigenvalue weighted by molar-refractivity contribution is 5.93. The zero-order valence-corrected chi connectivity index (χ0v) is 14.3. The van der Waals surface area contributed by atoms with E-state index in [-0.39, 0.29) is 17.1 Å². The number of para-hydroxylation sites is 1. The summed E-state index contributed by atoms with van der Waals surface area (Å²) >= 11 is 0. The maximum Gasteiger partial charge on any atom is 0.416 e. The van der Waals surface area contributed by atoms with Crippen molar-refractivity contribution in [3.8, 4) is 5.69 Å². The number of anilines is 1. The van der Waals surface area contributed by atoms with Crippen molar-refractivity contribution in [1.29, 1.82) is 0 Å². The number of hydrazine groups is 1. The first-order chi connectivity index (χ1) is 13.7. The molecule has 0 bridgehead atoms. The molecule has 8 nitrogen and oxygen atoms in total. The van der Waals surface area contributed by atoms with Crippen LogP contribution < -0.4 is 10.9 Å². The van der Waals surface area contributed by atoms with E-state index in [1.807, 2.05) is 0 Å². The van der Waals surface area contributed by atoms with E-state index in [0.29, 0.717) is 12.1 Å². The Bertz CT molecular complexity index is 1080. The molecule has 2 N–H and O–H groups in total. The van der Waals surface area contributed by atoms with E-state index in [0.717, 1.165) is 10.7 Å². The van der Waals surface area contributed by atoms with Crippen molar-refractivity contribution in [3.05, 3.63) is 81.9 Å². The van der Waals surface area contributed by atoms with Crippen LogP contribution in [0.25, 0.3) is 5.69 Å². The third-order valence-electron chi connectivity index (χ3n) is 3.75. The fourth-order valence-corrected chi connectivity index (χ4v) is 2.37. The van der Waals surface area contributed by atoms with Crippen LogP contribution in [0.4, 0.5) is 28.9 Å². The molecule has 3 aromatic rings. The molecule has 0 spiro atoms. The standard InChI is InChI=1S/C17H11F4N5O3/c18-11-3-1-2-4-14(11)25-8-7-13(24-25)16(27)23-22-12-6-5-10(17(19,20)21)9-15(12)26(28)29/h1-9,22H,(H,23,27). The Labute approximate surface area is 159 Å². The van der Waals surface area contributed by atoms with Gasteiger partial charge in [0.2, 0.25) is 0 Å². The van der Waals surface area contributed by atoms with E-state index in [2.05, 4.69) is 16.0 Å².